The smallest absolute Gasteiger partial charge is 0.337 e. The van der Waals surface area contributed by atoms with Crippen molar-refractivity contribution in [1.29, 1.82) is 0 Å². The van der Waals surface area contributed by atoms with E-state index in [2.05, 4.69) is 0 Å². The molecule has 0 saturated heterocycles. The standard InChI is InChI=1S/C19H22O5/c1-3-4-10-14(20)17-15(21)11-13(12-8-6-5-7-9-12)16(18(17)22)19(23)24-2/h5-9,13,17,22H,3-4,10-11H2,1-2H3. The third-order valence-corrected chi connectivity index (χ3v) is 4.33. The lowest BCUT2D eigenvalue weighted by Gasteiger charge is -2.28. The summed E-state index contributed by atoms with van der Waals surface area (Å²) in [5, 5.41) is 10.5. The number of allylic oxidation sites excluding steroid dienone is 1. The predicted octanol–water partition coefficient (Wildman–Crippen LogP) is 3.10. The summed E-state index contributed by atoms with van der Waals surface area (Å²) < 4.78 is 4.78. The molecule has 5 heteroatoms. The van der Waals surface area contributed by atoms with Crippen LogP contribution in [0.4, 0.5) is 0 Å². The van der Waals surface area contributed by atoms with E-state index in [4.69, 9.17) is 4.74 Å². The molecule has 0 spiro atoms. The van der Waals surface area contributed by atoms with Crippen LogP contribution in [0, 0.1) is 5.92 Å². The maximum Gasteiger partial charge on any atom is 0.337 e. The van der Waals surface area contributed by atoms with E-state index in [1.54, 1.807) is 24.3 Å². The molecule has 0 radical (unpaired) electrons. The van der Waals surface area contributed by atoms with E-state index < -0.39 is 23.6 Å². The largest absolute Gasteiger partial charge is 0.510 e. The highest BCUT2D eigenvalue weighted by molar-refractivity contribution is 6.09. The van der Waals surface area contributed by atoms with Gasteiger partial charge in [0.2, 0.25) is 0 Å². The zero-order chi connectivity index (χ0) is 17.7. The van der Waals surface area contributed by atoms with Gasteiger partial charge in [-0.05, 0) is 12.0 Å². The molecule has 5 nitrogen and oxygen atoms in total. The Labute approximate surface area is 141 Å². The van der Waals surface area contributed by atoms with Crippen molar-refractivity contribution < 1.29 is 24.2 Å². The van der Waals surface area contributed by atoms with E-state index >= 15 is 0 Å². The molecule has 1 aliphatic rings. The van der Waals surface area contributed by atoms with Crippen LogP contribution in [-0.2, 0) is 19.1 Å². The molecule has 0 amide bonds. The zero-order valence-corrected chi connectivity index (χ0v) is 14.0. The van der Waals surface area contributed by atoms with Crippen LogP contribution >= 0.6 is 0 Å². The Hall–Kier alpha value is -2.43. The van der Waals surface area contributed by atoms with Crippen LogP contribution in [0.25, 0.3) is 0 Å². The van der Waals surface area contributed by atoms with Crippen molar-refractivity contribution in [3.63, 3.8) is 0 Å². The molecule has 1 aliphatic carbocycles. The van der Waals surface area contributed by atoms with Crippen LogP contribution in [0.2, 0.25) is 0 Å². The van der Waals surface area contributed by atoms with Crippen molar-refractivity contribution >= 4 is 17.5 Å². The number of methoxy groups -OCH3 is 1. The normalized spacial score (nSPS) is 20.8. The Morgan fingerprint density at radius 1 is 1.25 bits per heavy atom. The number of hydrogen-bond acceptors (Lipinski definition) is 5. The predicted molar refractivity (Wildman–Crippen MR) is 88.5 cm³/mol. The van der Waals surface area contributed by atoms with Gasteiger partial charge in [-0.2, -0.15) is 0 Å². The summed E-state index contributed by atoms with van der Waals surface area (Å²) in [6, 6.07) is 8.99. The van der Waals surface area contributed by atoms with Crippen molar-refractivity contribution in [2.45, 2.75) is 38.5 Å². The fraction of sp³-hybridized carbons (Fsp3) is 0.421. The summed E-state index contributed by atoms with van der Waals surface area (Å²) in [5.74, 6) is -3.69. The Kier molecular flexibility index (Phi) is 5.90. The van der Waals surface area contributed by atoms with Gasteiger partial charge in [0, 0.05) is 18.8 Å². The molecule has 0 heterocycles. The molecule has 2 atom stereocenters. The molecule has 0 fully saturated rings. The first-order valence-corrected chi connectivity index (χ1v) is 8.12. The SMILES string of the molecule is CCCCC(=O)C1C(=O)CC(c2ccccc2)C(C(=O)OC)=C1O. The zero-order valence-electron chi connectivity index (χ0n) is 14.0. The minimum absolute atomic E-state index is 0.00103. The Bertz CT molecular complexity index is 660. The number of aliphatic hydroxyl groups excluding tert-OH is 1. The number of ether oxygens (including phenoxy) is 1. The number of unbranched alkanes of at least 4 members (excludes halogenated alkanes) is 1. The molecule has 24 heavy (non-hydrogen) atoms. The lowest BCUT2D eigenvalue weighted by molar-refractivity contribution is -0.137. The van der Waals surface area contributed by atoms with Crippen molar-refractivity contribution in [2.24, 2.45) is 5.92 Å². The van der Waals surface area contributed by atoms with Gasteiger partial charge in [0.1, 0.15) is 11.7 Å². The molecule has 1 aromatic rings. The Morgan fingerprint density at radius 2 is 1.92 bits per heavy atom. The molecule has 2 unspecified atom stereocenters. The van der Waals surface area contributed by atoms with Crippen LogP contribution in [0.15, 0.2) is 41.7 Å². The van der Waals surface area contributed by atoms with Gasteiger partial charge in [-0.15, -0.1) is 0 Å². The highest BCUT2D eigenvalue weighted by Gasteiger charge is 2.43. The molecular formula is C19H22O5. The lowest BCUT2D eigenvalue weighted by atomic mass is 9.74. The second-order valence-corrected chi connectivity index (χ2v) is 5.93. The lowest BCUT2D eigenvalue weighted by Crippen LogP contribution is -2.35. The molecule has 1 aromatic carbocycles. The van der Waals surface area contributed by atoms with Gasteiger partial charge in [-0.1, -0.05) is 43.7 Å². The molecule has 0 saturated carbocycles. The minimum Gasteiger partial charge on any atom is -0.510 e. The van der Waals surface area contributed by atoms with Gasteiger partial charge < -0.3 is 9.84 Å². The van der Waals surface area contributed by atoms with Crippen LogP contribution in [-0.4, -0.2) is 29.8 Å². The monoisotopic (exact) mass is 330 g/mol. The van der Waals surface area contributed by atoms with Crippen LogP contribution in [0.5, 0.6) is 0 Å². The number of carbonyl (C=O) groups excluding carboxylic acids is 3. The van der Waals surface area contributed by atoms with E-state index in [9.17, 15) is 19.5 Å². The first-order chi connectivity index (χ1) is 11.5. The number of carbonyl (C=O) groups is 3. The van der Waals surface area contributed by atoms with Gasteiger partial charge in [0.25, 0.3) is 0 Å². The highest BCUT2D eigenvalue weighted by atomic mass is 16.5. The third-order valence-electron chi connectivity index (χ3n) is 4.33. The van der Waals surface area contributed by atoms with Gasteiger partial charge in [0.05, 0.1) is 12.7 Å². The van der Waals surface area contributed by atoms with E-state index in [1.165, 1.54) is 7.11 Å². The van der Waals surface area contributed by atoms with Crippen molar-refractivity contribution in [1.82, 2.24) is 0 Å². The second-order valence-electron chi connectivity index (χ2n) is 5.93. The molecule has 0 aromatic heterocycles. The van der Waals surface area contributed by atoms with E-state index in [-0.39, 0.29) is 30.0 Å². The first kappa shape index (κ1) is 17.9. The Morgan fingerprint density at radius 3 is 2.50 bits per heavy atom. The third kappa shape index (κ3) is 3.55. The Balaban J connectivity index is 2.47. The fourth-order valence-electron chi connectivity index (χ4n) is 3.06. The van der Waals surface area contributed by atoms with Gasteiger partial charge in [0.15, 0.2) is 11.6 Å². The summed E-state index contributed by atoms with van der Waals surface area (Å²) in [5.41, 5.74) is 0.746. The average molecular weight is 330 g/mol. The van der Waals surface area contributed by atoms with Crippen molar-refractivity contribution in [2.75, 3.05) is 7.11 Å². The van der Waals surface area contributed by atoms with Gasteiger partial charge in [-0.3, -0.25) is 9.59 Å². The quantitative estimate of drug-likeness (QED) is 0.640. The molecule has 0 aliphatic heterocycles. The number of benzene rings is 1. The van der Waals surface area contributed by atoms with Gasteiger partial charge >= 0.3 is 5.97 Å². The van der Waals surface area contributed by atoms with Crippen molar-refractivity contribution in [3.8, 4) is 0 Å². The molecule has 0 bridgehead atoms. The molecular weight excluding hydrogens is 308 g/mol. The van der Waals surface area contributed by atoms with E-state index in [1.807, 2.05) is 13.0 Å². The number of ketones is 2. The highest BCUT2D eigenvalue weighted by Crippen LogP contribution is 2.39. The number of aliphatic hydroxyl groups is 1. The van der Waals surface area contributed by atoms with Crippen LogP contribution in [0.3, 0.4) is 0 Å². The molecule has 1 N–H and O–H groups in total. The number of hydrogen-bond donors (Lipinski definition) is 1. The minimum atomic E-state index is -1.24. The summed E-state index contributed by atoms with van der Waals surface area (Å²) in [6.07, 6.45) is 1.67. The fourth-order valence-corrected chi connectivity index (χ4v) is 3.06. The topological polar surface area (TPSA) is 80.7 Å². The average Bonchev–Trinajstić information content (AvgIpc) is 2.59. The van der Waals surface area contributed by atoms with E-state index in [0.29, 0.717) is 6.42 Å². The van der Waals surface area contributed by atoms with Crippen LogP contribution < -0.4 is 0 Å². The second kappa shape index (κ2) is 7.90. The summed E-state index contributed by atoms with van der Waals surface area (Å²) in [4.78, 5) is 37.0. The maximum absolute atomic E-state index is 12.5. The summed E-state index contributed by atoms with van der Waals surface area (Å²) in [6.45, 7) is 1.94. The number of rotatable bonds is 6. The number of Topliss-reactive ketones (excluding diaryl/α,β-unsaturated/α-hetero) is 2. The van der Waals surface area contributed by atoms with Gasteiger partial charge in [-0.25, -0.2) is 4.79 Å². The summed E-state index contributed by atoms with van der Waals surface area (Å²) in [7, 11) is 1.22. The summed E-state index contributed by atoms with van der Waals surface area (Å²) >= 11 is 0. The van der Waals surface area contributed by atoms with Crippen molar-refractivity contribution in [3.05, 3.63) is 47.2 Å². The maximum atomic E-state index is 12.5. The molecule has 2 rings (SSSR count). The van der Waals surface area contributed by atoms with E-state index in [0.717, 1.165) is 12.0 Å². The van der Waals surface area contributed by atoms with Crippen LogP contribution in [0.1, 0.15) is 44.1 Å². The molecule has 128 valence electrons. The number of esters is 1. The first-order valence-electron chi connectivity index (χ1n) is 8.12.